The van der Waals surface area contributed by atoms with E-state index in [1.165, 1.54) is 11.3 Å². The Morgan fingerprint density at radius 3 is 2.36 bits per heavy atom. The molecule has 1 aromatic carbocycles. The molecule has 0 aliphatic carbocycles. The minimum absolute atomic E-state index is 0.0742. The molecule has 0 bridgehead atoms. The Labute approximate surface area is 132 Å². The molecule has 0 saturated heterocycles. The molecule has 2 N–H and O–H groups in total. The van der Waals surface area contributed by atoms with Gasteiger partial charge in [-0.1, -0.05) is 12.1 Å². The van der Waals surface area contributed by atoms with Crippen LogP contribution >= 0.6 is 11.3 Å². The number of halogens is 2. The maximum absolute atomic E-state index is 14.1. The fraction of sp³-hybridized carbons (Fsp3) is 0.375. The Kier molecular flexibility index (Phi) is 5.74. The van der Waals surface area contributed by atoms with Crippen LogP contribution in [0.4, 0.5) is 8.78 Å². The highest BCUT2D eigenvalue weighted by Gasteiger charge is 2.14. The van der Waals surface area contributed by atoms with Crippen molar-refractivity contribution in [3.63, 3.8) is 0 Å². The fourth-order valence-electron chi connectivity index (χ4n) is 2.18. The Balaban J connectivity index is 2.04. The molecule has 0 fully saturated rings. The third-order valence-electron chi connectivity index (χ3n) is 3.46. The van der Waals surface area contributed by atoms with Gasteiger partial charge >= 0.3 is 0 Å². The summed E-state index contributed by atoms with van der Waals surface area (Å²) < 4.78 is 28.1. The van der Waals surface area contributed by atoms with Crippen LogP contribution in [0.1, 0.15) is 28.2 Å². The van der Waals surface area contributed by atoms with Gasteiger partial charge < -0.3 is 5.73 Å². The van der Waals surface area contributed by atoms with E-state index in [0.29, 0.717) is 18.4 Å². The van der Waals surface area contributed by atoms with Crippen molar-refractivity contribution in [2.45, 2.75) is 32.6 Å². The maximum Gasteiger partial charge on any atom is 0.162 e. The van der Waals surface area contributed by atoms with Crippen LogP contribution in [0.15, 0.2) is 17.5 Å². The molecule has 0 radical (unpaired) electrons. The molecule has 118 valence electrons. The summed E-state index contributed by atoms with van der Waals surface area (Å²) in [4.78, 5) is 15.5. The zero-order valence-corrected chi connectivity index (χ0v) is 13.2. The van der Waals surface area contributed by atoms with Crippen LogP contribution in [0.3, 0.4) is 0 Å². The molecular weight excluding hydrogens is 306 g/mol. The Morgan fingerprint density at radius 1 is 1.18 bits per heavy atom. The summed E-state index contributed by atoms with van der Waals surface area (Å²) in [5.41, 5.74) is 6.64. The predicted octanol–water partition coefficient (Wildman–Crippen LogP) is 2.98. The number of ketones is 1. The molecule has 1 aromatic heterocycles. The molecule has 22 heavy (non-hydrogen) atoms. The van der Waals surface area contributed by atoms with E-state index in [-0.39, 0.29) is 30.7 Å². The fourth-order valence-corrected chi connectivity index (χ4v) is 2.82. The monoisotopic (exact) mass is 324 g/mol. The van der Waals surface area contributed by atoms with Crippen LogP contribution in [0.5, 0.6) is 0 Å². The van der Waals surface area contributed by atoms with E-state index in [9.17, 15) is 13.6 Å². The molecular formula is C16H18F2N2OS. The van der Waals surface area contributed by atoms with Gasteiger partial charge in [-0.3, -0.25) is 4.79 Å². The van der Waals surface area contributed by atoms with Crippen molar-refractivity contribution in [1.29, 1.82) is 0 Å². The number of nitrogens with zero attached hydrogens (tertiary/aromatic N) is 1. The summed E-state index contributed by atoms with van der Waals surface area (Å²) in [5, 5.41) is 2.89. The highest BCUT2D eigenvalue weighted by molar-refractivity contribution is 7.09. The van der Waals surface area contributed by atoms with Gasteiger partial charge in [0.15, 0.2) is 11.6 Å². The maximum atomic E-state index is 14.1. The minimum atomic E-state index is -0.864. The topological polar surface area (TPSA) is 56.0 Å². The lowest BCUT2D eigenvalue weighted by Gasteiger charge is -2.08. The molecule has 0 aliphatic heterocycles. The van der Waals surface area contributed by atoms with Crippen molar-refractivity contribution >= 4 is 17.1 Å². The number of benzene rings is 1. The second kappa shape index (κ2) is 7.56. The smallest absolute Gasteiger partial charge is 0.162 e. The second-order valence-corrected chi connectivity index (χ2v) is 6.17. The Morgan fingerprint density at radius 2 is 1.82 bits per heavy atom. The summed E-state index contributed by atoms with van der Waals surface area (Å²) in [6, 6.07) is 3.13. The summed E-state index contributed by atoms with van der Waals surface area (Å²) in [5.74, 6) is -1.86. The first-order chi connectivity index (χ1) is 10.5. The average molecular weight is 324 g/mol. The van der Waals surface area contributed by atoms with Crippen molar-refractivity contribution in [3.8, 4) is 0 Å². The van der Waals surface area contributed by atoms with E-state index in [4.69, 9.17) is 5.73 Å². The molecule has 0 atom stereocenters. The van der Waals surface area contributed by atoms with Crippen LogP contribution in [0.2, 0.25) is 0 Å². The standard InChI is InChI=1S/C16H18F2N2OS/c1-10-20-13(9-22-10)6-4-11-2-3-12(16(18)15(11)17)5-7-14(21)8-19/h2-3,9H,4-8,19H2,1H3. The lowest BCUT2D eigenvalue weighted by Crippen LogP contribution is -2.14. The number of nitrogens with two attached hydrogens (primary N) is 1. The quantitative estimate of drug-likeness (QED) is 0.852. The van der Waals surface area contributed by atoms with Crippen molar-refractivity contribution in [2.75, 3.05) is 6.54 Å². The third kappa shape index (κ3) is 4.18. The first-order valence-electron chi connectivity index (χ1n) is 7.09. The molecule has 0 spiro atoms. The highest BCUT2D eigenvalue weighted by atomic mass is 32.1. The van der Waals surface area contributed by atoms with Gasteiger partial charge in [-0.25, -0.2) is 13.8 Å². The number of carbonyl (C=O) groups is 1. The number of hydrogen-bond acceptors (Lipinski definition) is 4. The van der Waals surface area contributed by atoms with Gasteiger partial charge in [-0.2, -0.15) is 0 Å². The number of carbonyl (C=O) groups excluding carboxylic acids is 1. The van der Waals surface area contributed by atoms with E-state index in [1.807, 2.05) is 12.3 Å². The lowest BCUT2D eigenvalue weighted by atomic mass is 10.0. The van der Waals surface area contributed by atoms with Crippen LogP contribution in [0, 0.1) is 18.6 Å². The molecule has 2 aromatic rings. The summed E-state index contributed by atoms with van der Waals surface area (Å²) in [6.07, 6.45) is 1.27. The average Bonchev–Trinajstić information content (AvgIpc) is 2.93. The van der Waals surface area contributed by atoms with E-state index in [1.54, 1.807) is 12.1 Å². The van der Waals surface area contributed by atoms with Crippen LogP contribution in [0.25, 0.3) is 0 Å². The zero-order chi connectivity index (χ0) is 16.1. The molecule has 0 saturated carbocycles. The van der Waals surface area contributed by atoms with Gasteiger partial charge in [0, 0.05) is 11.8 Å². The lowest BCUT2D eigenvalue weighted by molar-refractivity contribution is -0.117. The van der Waals surface area contributed by atoms with E-state index in [2.05, 4.69) is 4.98 Å². The number of aromatic nitrogens is 1. The second-order valence-electron chi connectivity index (χ2n) is 5.11. The predicted molar refractivity (Wildman–Crippen MR) is 83.0 cm³/mol. The molecule has 3 nitrogen and oxygen atoms in total. The Hall–Kier alpha value is -1.66. The molecule has 2 rings (SSSR count). The van der Waals surface area contributed by atoms with Crippen LogP contribution in [-0.4, -0.2) is 17.3 Å². The summed E-state index contributed by atoms with van der Waals surface area (Å²) >= 11 is 1.54. The molecule has 6 heteroatoms. The van der Waals surface area contributed by atoms with Crippen molar-refractivity contribution in [1.82, 2.24) is 4.98 Å². The summed E-state index contributed by atoms with van der Waals surface area (Å²) in [7, 11) is 0. The van der Waals surface area contributed by atoms with Gasteiger partial charge in [0.1, 0.15) is 5.78 Å². The number of aryl methyl sites for hydroxylation is 4. The van der Waals surface area contributed by atoms with E-state index >= 15 is 0 Å². The van der Waals surface area contributed by atoms with Crippen molar-refractivity contribution in [2.24, 2.45) is 5.73 Å². The van der Waals surface area contributed by atoms with Crippen molar-refractivity contribution < 1.29 is 13.6 Å². The van der Waals surface area contributed by atoms with Gasteiger partial charge in [0.2, 0.25) is 0 Å². The largest absolute Gasteiger partial charge is 0.324 e. The summed E-state index contributed by atoms with van der Waals surface area (Å²) in [6.45, 7) is 1.83. The zero-order valence-electron chi connectivity index (χ0n) is 12.4. The van der Waals surface area contributed by atoms with Crippen LogP contribution in [-0.2, 0) is 24.1 Å². The van der Waals surface area contributed by atoms with Crippen molar-refractivity contribution in [3.05, 3.63) is 51.0 Å². The normalized spacial score (nSPS) is 10.9. The van der Waals surface area contributed by atoms with Crippen LogP contribution < -0.4 is 5.73 Å². The third-order valence-corrected chi connectivity index (χ3v) is 4.28. The molecule has 0 aliphatic rings. The first-order valence-corrected chi connectivity index (χ1v) is 7.97. The number of thiazole rings is 1. The molecule has 1 heterocycles. The van der Waals surface area contributed by atoms with Gasteiger partial charge in [0.05, 0.1) is 17.2 Å². The number of rotatable bonds is 7. The number of hydrogen-bond donors (Lipinski definition) is 1. The SMILES string of the molecule is Cc1nc(CCc2ccc(CCC(=O)CN)c(F)c2F)cs1. The van der Waals surface area contributed by atoms with Gasteiger partial charge in [0.25, 0.3) is 0 Å². The van der Waals surface area contributed by atoms with E-state index in [0.717, 1.165) is 10.7 Å². The molecule has 0 amide bonds. The number of Topliss-reactive ketones (excluding diaryl/α,β-unsaturated/α-hetero) is 1. The Bertz CT molecular complexity index is 670. The van der Waals surface area contributed by atoms with Gasteiger partial charge in [-0.15, -0.1) is 11.3 Å². The first kappa shape index (κ1) is 16.7. The molecule has 0 unspecified atom stereocenters. The highest BCUT2D eigenvalue weighted by Crippen LogP contribution is 2.20. The van der Waals surface area contributed by atoms with E-state index < -0.39 is 11.6 Å². The minimum Gasteiger partial charge on any atom is -0.324 e. The van der Waals surface area contributed by atoms with Gasteiger partial charge in [-0.05, 0) is 37.3 Å².